The Morgan fingerprint density at radius 3 is 2.41 bits per heavy atom. The van der Waals surface area contributed by atoms with E-state index in [2.05, 4.69) is 15.6 Å². The monoisotopic (exact) mass is 319 g/mol. The van der Waals surface area contributed by atoms with Gasteiger partial charge >= 0.3 is 11.8 Å². The van der Waals surface area contributed by atoms with Gasteiger partial charge in [0.2, 0.25) is 0 Å². The Labute approximate surface area is 132 Å². The van der Waals surface area contributed by atoms with Crippen LogP contribution in [0, 0.1) is 20.8 Å². The minimum atomic E-state index is -0.769. The zero-order chi connectivity index (χ0) is 16.3. The van der Waals surface area contributed by atoms with E-state index in [1.807, 2.05) is 26.8 Å². The molecule has 1 aromatic heterocycles. The van der Waals surface area contributed by atoms with Crippen LogP contribution in [0.2, 0.25) is 0 Å². The number of hydrogen-bond acceptors (Lipinski definition) is 5. The Hall–Kier alpha value is -2.41. The number of aryl methyl sites for hydroxylation is 3. The van der Waals surface area contributed by atoms with Crippen LogP contribution in [0.3, 0.4) is 0 Å². The highest BCUT2D eigenvalue weighted by atomic mass is 32.1. The molecule has 0 aliphatic rings. The van der Waals surface area contributed by atoms with Crippen molar-refractivity contribution in [2.24, 2.45) is 0 Å². The van der Waals surface area contributed by atoms with E-state index in [1.54, 1.807) is 12.1 Å². The van der Waals surface area contributed by atoms with Gasteiger partial charge in [-0.15, -0.1) is 11.3 Å². The van der Waals surface area contributed by atoms with Crippen LogP contribution in [-0.2, 0) is 9.59 Å². The lowest BCUT2D eigenvalue weighted by Crippen LogP contribution is -2.29. The number of carbonyl (C=O) groups is 2. The number of methoxy groups -OCH3 is 1. The number of rotatable bonds is 3. The molecule has 0 atom stereocenters. The summed E-state index contributed by atoms with van der Waals surface area (Å²) in [5.41, 5.74) is 2.23. The van der Waals surface area contributed by atoms with Gasteiger partial charge in [0, 0.05) is 4.88 Å². The molecule has 1 heterocycles. The third kappa shape index (κ3) is 3.62. The lowest BCUT2D eigenvalue weighted by Gasteiger charge is -2.10. The highest BCUT2D eigenvalue weighted by Crippen LogP contribution is 2.25. The molecule has 0 spiro atoms. The maximum Gasteiger partial charge on any atom is 0.315 e. The van der Waals surface area contributed by atoms with Crippen molar-refractivity contribution in [3.63, 3.8) is 0 Å². The predicted octanol–water partition coefficient (Wildman–Crippen LogP) is 2.65. The van der Waals surface area contributed by atoms with Crippen LogP contribution in [0.1, 0.15) is 16.1 Å². The molecule has 0 saturated carbocycles. The Kier molecular flexibility index (Phi) is 4.77. The SMILES string of the molecule is COc1ccc(C)cc1NC(=O)C(=O)Nc1nc(C)c(C)s1. The predicted molar refractivity (Wildman–Crippen MR) is 86.6 cm³/mol. The smallest absolute Gasteiger partial charge is 0.315 e. The summed E-state index contributed by atoms with van der Waals surface area (Å²) in [5.74, 6) is -1.04. The van der Waals surface area contributed by atoms with E-state index in [-0.39, 0.29) is 0 Å². The van der Waals surface area contributed by atoms with Crippen LogP contribution in [-0.4, -0.2) is 23.9 Å². The first-order valence-electron chi connectivity index (χ1n) is 6.61. The summed E-state index contributed by atoms with van der Waals surface area (Å²) in [4.78, 5) is 29.1. The van der Waals surface area contributed by atoms with Gasteiger partial charge in [0.05, 0.1) is 18.5 Å². The fourth-order valence-corrected chi connectivity index (χ4v) is 2.59. The number of anilines is 2. The molecule has 0 aliphatic heterocycles. The third-order valence-corrected chi connectivity index (χ3v) is 4.05. The second kappa shape index (κ2) is 6.57. The molecule has 0 fully saturated rings. The normalized spacial score (nSPS) is 10.2. The first kappa shape index (κ1) is 16.0. The number of amides is 2. The molecule has 0 radical (unpaired) electrons. The lowest BCUT2D eigenvalue weighted by molar-refractivity contribution is -0.133. The summed E-state index contributed by atoms with van der Waals surface area (Å²) < 4.78 is 5.16. The fraction of sp³-hybridized carbons (Fsp3) is 0.267. The van der Waals surface area contributed by atoms with Crippen LogP contribution < -0.4 is 15.4 Å². The van der Waals surface area contributed by atoms with Gasteiger partial charge in [0.15, 0.2) is 5.13 Å². The number of benzene rings is 1. The molecule has 6 nitrogen and oxygen atoms in total. The molecule has 116 valence electrons. The Morgan fingerprint density at radius 1 is 1.14 bits per heavy atom. The van der Waals surface area contributed by atoms with Crippen molar-refractivity contribution in [1.82, 2.24) is 4.98 Å². The second-order valence-corrected chi connectivity index (χ2v) is 5.98. The van der Waals surface area contributed by atoms with Gasteiger partial charge in [-0.05, 0) is 38.5 Å². The molecule has 0 unspecified atom stereocenters. The van der Waals surface area contributed by atoms with E-state index in [1.165, 1.54) is 18.4 Å². The number of aromatic nitrogens is 1. The van der Waals surface area contributed by atoms with Crippen molar-refractivity contribution in [2.75, 3.05) is 17.7 Å². The standard InChI is InChI=1S/C15H17N3O3S/c1-8-5-6-12(21-4)11(7-8)17-13(19)14(20)18-15-16-9(2)10(3)22-15/h5-7H,1-4H3,(H,17,19)(H,16,18,20). The van der Waals surface area contributed by atoms with Crippen LogP contribution in [0.15, 0.2) is 18.2 Å². The largest absolute Gasteiger partial charge is 0.495 e. The average Bonchev–Trinajstić information content (AvgIpc) is 2.77. The number of hydrogen-bond donors (Lipinski definition) is 2. The first-order chi connectivity index (χ1) is 10.4. The number of carbonyl (C=O) groups excluding carboxylic acids is 2. The molecule has 1 aromatic carbocycles. The average molecular weight is 319 g/mol. The quantitative estimate of drug-likeness (QED) is 0.852. The molecular formula is C15H17N3O3S. The Balaban J connectivity index is 2.08. The van der Waals surface area contributed by atoms with Crippen LogP contribution in [0.5, 0.6) is 5.75 Å². The number of ether oxygens (including phenoxy) is 1. The molecular weight excluding hydrogens is 302 g/mol. The van der Waals surface area contributed by atoms with E-state index >= 15 is 0 Å². The number of nitrogens with zero attached hydrogens (tertiary/aromatic N) is 1. The van der Waals surface area contributed by atoms with Gasteiger partial charge in [-0.1, -0.05) is 6.07 Å². The summed E-state index contributed by atoms with van der Waals surface area (Å²) in [5, 5.41) is 5.44. The molecule has 2 N–H and O–H groups in total. The topological polar surface area (TPSA) is 80.3 Å². The first-order valence-corrected chi connectivity index (χ1v) is 7.43. The maximum atomic E-state index is 12.0. The third-order valence-electron chi connectivity index (χ3n) is 3.06. The summed E-state index contributed by atoms with van der Waals surface area (Å²) in [6.07, 6.45) is 0. The van der Waals surface area contributed by atoms with E-state index < -0.39 is 11.8 Å². The Morgan fingerprint density at radius 2 is 1.82 bits per heavy atom. The minimum absolute atomic E-state index is 0.409. The molecule has 7 heteroatoms. The van der Waals surface area contributed by atoms with Gasteiger partial charge in [-0.3, -0.25) is 14.9 Å². The van der Waals surface area contributed by atoms with E-state index in [0.29, 0.717) is 16.6 Å². The summed E-state index contributed by atoms with van der Waals surface area (Å²) in [6.45, 7) is 5.63. The molecule has 2 rings (SSSR count). The van der Waals surface area contributed by atoms with Gasteiger partial charge < -0.3 is 10.1 Å². The van der Waals surface area contributed by atoms with Crippen molar-refractivity contribution in [2.45, 2.75) is 20.8 Å². The molecule has 0 saturated heterocycles. The second-order valence-electron chi connectivity index (χ2n) is 4.77. The number of nitrogens with one attached hydrogen (secondary N) is 2. The number of thiazole rings is 1. The van der Waals surface area contributed by atoms with Gasteiger partial charge in [-0.25, -0.2) is 4.98 Å². The van der Waals surface area contributed by atoms with Crippen LogP contribution in [0.4, 0.5) is 10.8 Å². The van der Waals surface area contributed by atoms with Crippen molar-refractivity contribution < 1.29 is 14.3 Å². The van der Waals surface area contributed by atoms with Crippen molar-refractivity contribution >= 4 is 34.0 Å². The summed E-state index contributed by atoms with van der Waals surface area (Å²) in [6, 6.07) is 5.33. The molecule has 2 amide bonds. The molecule has 2 aromatic rings. The van der Waals surface area contributed by atoms with Crippen LogP contribution >= 0.6 is 11.3 Å². The minimum Gasteiger partial charge on any atom is -0.495 e. The summed E-state index contributed by atoms with van der Waals surface area (Å²) >= 11 is 1.33. The summed E-state index contributed by atoms with van der Waals surface area (Å²) in [7, 11) is 1.50. The highest BCUT2D eigenvalue weighted by Gasteiger charge is 2.18. The van der Waals surface area contributed by atoms with Crippen LogP contribution in [0.25, 0.3) is 0 Å². The zero-order valence-corrected chi connectivity index (χ0v) is 13.6. The fourth-order valence-electron chi connectivity index (χ4n) is 1.78. The highest BCUT2D eigenvalue weighted by molar-refractivity contribution is 7.15. The van der Waals surface area contributed by atoms with Gasteiger partial charge in [0.1, 0.15) is 5.75 Å². The Bertz CT molecular complexity index is 705. The van der Waals surface area contributed by atoms with Gasteiger partial charge in [0.25, 0.3) is 0 Å². The van der Waals surface area contributed by atoms with E-state index in [4.69, 9.17) is 4.74 Å². The lowest BCUT2D eigenvalue weighted by atomic mass is 10.2. The maximum absolute atomic E-state index is 12.0. The zero-order valence-electron chi connectivity index (χ0n) is 12.8. The molecule has 0 bridgehead atoms. The molecule has 0 aliphatic carbocycles. The molecule has 22 heavy (non-hydrogen) atoms. The van der Waals surface area contributed by atoms with E-state index in [9.17, 15) is 9.59 Å². The van der Waals surface area contributed by atoms with Crippen molar-refractivity contribution in [3.8, 4) is 5.75 Å². The van der Waals surface area contributed by atoms with E-state index in [0.717, 1.165) is 16.1 Å². The van der Waals surface area contributed by atoms with Gasteiger partial charge in [-0.2, -0.15) is 0 Å². The van der Waals surface area contributed by atoms with Crippen molar-refractivity contribution in [3.05, 3.63) is 34.3 Å². The van der Waals surface area contributed by atoms with Crippen molar-refractivity contribution in [1.29, 1.82) is 0 Å².